The fraction of sp³-hybridized carbons (Fsp3) is 0.500. The highest BCUT2D eigenvalue weighted by atomic mass is 16.5. The molecule has 8 heteroatoms. The third-order valence-electron chi connectivity index (χ3n) is 7.18. The molecule has 0 saturated carbocycles. The van der Waals surface area contributed by atoms with Gasteiger partial charge in [-0.25, -0.2) is 4.79 Å². The molecular formula is C26H34N4O4. The van der Waals surface area contributed by atoms with E-state index in [1.165, 1.54) is 16.8 Å². The number of carbonyl (C=O) groups excluding carboxylic acids is 1. The second kappa shape index (κ2) is 9.62. The van der Waals surface area contributed by atoms with Crippen molar-refractivity contribution in [3.05, 3.63) is 47.0 Å². The van der Waals surface area contributed by atoms with Crippen LogP contribution in [0.2, 0.25) is 0 Å². The van der Waals surface area contributed by atoms with Crippen molar-refractivity contribution >= 4 is 11.7 Å². The molecule has 1 atom stereocenters. The maximum Gasteiger partial charge on any atom is 0.318 e. The monoisotopic (exact) mass is 466 g/mol. The molecule has 0 radical (unpaired) electrons. The smallest absolute Gasteiger partial charge is 0.318 e. The van der Waals surface area contributed by atoms with Crippen molar-refractivity contribution < 1.29 is 19.0 Å². The normalized spacial score (nSPS) is 20.1. The number of benzene rings is 2. The summed E-state index contributed by atoms with van der Waals surface area (Å²) in [5.74, 6) is 2.36. The van der Waals surface area contributed by atoms with Crippen LogP contribution in [-0.4, -0.2) is 82.5 Å². The van der Waals surface area contributed by atoms with Crippen molar-refractivity contribution in [3.8, 4) is 17.2 Å². The number of ether oxygens (including phenoxy) is 3. The Kier molecular flexibility index (Phi) is 6.41. The number of rotatable bonds is 4. The summed E-state index contributed by atoms with van der Waals surface area (Å²) in [6, 6.07) is 10.2. The van der Waals surface area contributed by atoms with Crippen LogP contribution in [0.5, 0.6) is 17.2 Å². The highest BCUT2D eigenvalue weighted by Crippen LogP contribution is 2.35. The molecule has 3 heterocycles. The summed E-state index contributed by atoms with van der Waals surface area (Å²) < 4.78 is 17.0. The van der Waals surface area contributed by atoms with Crippen LogP contribution in [0.4, 0.5) is 10.5 Å². The topological polar surface area (TPSA) is 66.5 Å². The van der Waals surface area contributed by atoms with Gasteiger partial charge in [0.15, 0.2) is 11.5 Å². The largest absolute Gasteiger partial charge is 0.493 e. The molecule has 2 amide bonds. The van der Waals surface area contributed by atoms with Crippen molar-refractivity contribution in [2.75, 3.05) is 65.5 Å². The molecule has 0 spiro atoms. The van der Waals surface area contributed by atoms with E-state index in [-0.39, 0.29) is 12.1 Å². The molecule has 5 rings (SSSR count). The zero-order valence-electron chi connectivity index (χ0n) is 20.3. The highest BCUT2D eigenvalue weighted by molar-refractivity contribution is 5.75. The van der Waals surface area contributed by atoms with Crippen LogP contribution in [0.3, 0.4) is 0 Å². The van der Waals surface area contributed by atoms with Gasteiger partial charge in [-0.2, -0.15) is 0 Å². The third kappa shape index (κ3) is 4.46. The van der Waals surface area contributed by atoms with E-state index in [1.54, 1.807) is 14.2 Å². The van der Waals surface area contributed by atoms with Crippen LogP contribution in [0.1, 0.15) is 16.7 Å². The second-order valence-corrected chi connectivity index (χ2v) is 9.35. The second-order valence-electron chi connectivity index (χ2n) is 9.35. The van der Waals surface area contributed by atoms with E-state index >= 15 is 0 Å². The van der Waals surface area contributed by atoms with Crippen LogP contribution in [0.25, 0.3) is 0 Å². The number of fused-ring (bicyclic) bond motifs is 2. The third-order valence-corrected chi connectivity index (χ3v) is 7.18. The Hall–Kier alpha value is -3.13. The van der Waals surface area contributed by atoms with Gasteiger partial charge in [0.25, 0.3) is 0 Å². The minimum atomic E-state index is -0.0552. The lowest BCUT2D eigenvalue weighted by Crippen LogP contribution is -2.50. The SMILES string of the molecule is COc1cc2c(cc1OC)CN(C(=O)N[C@@H]1COc3cccc(N4CCN(C)CC4)c3C1)CC2. The summed E-state index contributed by atoms with van der Waals surface area (Å²) in [4.78, 5) is 19.8. The molecule has 3 aliphatic heterocycles. The predicted octanol–water partition coefficient (Wildman–Crippen LogP) is 2.53. The Bertz CT molecular complexity index is 1050. The average molecular weight is 467 g/mol. The fourth-order valence-electron chi connectivity index (χ4n) is 5.15. The molecule has 3 aliphatic rings. The minimum Gasteiger partial charge on any atom is -0.493 e. The number of anilines is 1. The van der Waals surface area contributed by atoms with Crippen molar-refractivity contribution in [3.63, 3.8) is 0 Å². The highest BCUT2D eigenvalue weighted by Gasteiger charge is 2.29. The molecule has 2 aromatic carbocycles. The van der Waals surface area contributed by atoms with Gasteiger partial charge in [-0.15, -0.1) is 0 Å². The molecule has 0 bridgehead atoms. The molecule has 0 aromatic heterocycles. The van der Waals surface area contributed by atoms with Crippen molar-refractivity contribution in [2.24, 2.45) is 0 Å². The maximum absolute atomic E-state index is 13.2. The van der Waals surface area contributed by atoms with Crippen molar-refractivity contribution in [2.45, 2.75) is 25.4 Å². The number of nitrogens with zero attached hydrogens (tertiary/aromatic N) is 3. The van der Waals surface area contributed by atoms with Crippen molar-refractivity contribution in [1.82, 2.24) is 15.1 Å². The molecular weight excluding hydrogens is 432 g/mol. The molecule has 1 saturated heterocycles. The number of nitrogens with one attached hydrogen (secondary N) is 1. The van der Waals surface area contributed by atoms with Crippen LogP contribution in [0, 0.1) is 0 Å². The van der Waals surface area contributed by atoms with E-state index in [0.717, 1.165) is 56.1 Å². The number of hydrogen-bond donors (Lipinski definition) is 1. The molecule has 1 N–H and O–H groups in total. The minimum absolute atomic E-state index is 0.0467. The molecule has 0 unspecified atom stereocenters. The first-order chi connectivity index (χ1) is 16.6. The van der Waals surface area contributed by atoms with E-state index in [9.17, 15) is 4.79 Å². The fourth-order valence-corrected chi connectivity index (χ4v) is 5.15. The van der Waals surface area contributed by atoms with Gasteiger partial charge in [-0.1, -0.05) is 6.07 Å². The van der Waals surface area contributed by atoms with Crippen LogP contribution < -0.4 is 24.4 Å². The van der Waals surface area contributed by atoms with Crippen LogP contribution in [-0.2, 0) is 19.4 Å². The van der Waals surface area contributed by atoms with Gasteiger partial charge < -0.3 is 34.2 Å². The number of urea groups is 1. The number of hydrogen-bond acceptors (Lipinski definition) is 6. The van der Waals surface area contributed by atoms with Gasteiger partial charge in [-0.05, 0) is 48.9 Å². The van der Waals surface area contributed by atoms with Gasteiger partial charge in [0.2, 0.25) is 0 Å². The van der Waals surface area contributed by atoms with Gasteiger partial charge in [0, 0.05) is 56.9 Å². The Morgan fingerprint density at radius 1 is 1.03 bits per heavy atom. The molecule has 34 heavy (non-hydrogen) atoms. The molecule has 182 valence electrons. The number of likely N-dealkylation sites (N-methyl/N-ethyl adjacent to an activating group) is 1. The van der Waals surface area contributed by atoms with Gasteiger partial charge >= 0.3 is 6.03 Å². The average Bonchev–Trinajstić information content (AvgIpc) is 2.87. The summed E-state index contributed by atoms with van der Waals surface area (Å²) in [6.45, 7) is 5.83. The Morgan fingerprint density at radius 2 is 1.76 bits per heavy atom. The van der Waals surface area contributed by atoms with Crippen molar-refractivity contribution in [1.29, 1.82) is 0 Å². The first-order valence-electron chi connectivity index (χ1n) is 12.0. The first kappa shape index (κ1) is 22.7. The van der Waals surface area contributed by atoms with Gasteiger partial charge in [0.05, 0.1) is 20.3 Å². The quantitative estimate of drug-likeness (QED) is 0.747. The zero-order chi connectivity index (χ0) is 23.7. The summed E-state index contributed by atoms with van der Waals surface area (Å²) >= 11 is 0. The van der Waals surface area contributed by atoms with E-state index in [1.807, 2.05) is 23.1 Å². The number of amides is 2. The van der Waals surface area contributed by atoms with E-state index < -0.39 is 0 Å². The Balaban J connectivity index is 1.26. The molecule has 1 fully saturated rings. The lowest BCUT2D eigenvalue weighted by atomic mass is 9.98. The number of methoxy groups -OCH3 is 2. The number of piperazine rings is 1. The van der Waals surface area contributed by atoms with E-state index in [4.69, 9.17) is 14.2 Å². The first-order valence-corrected chi connectivity index (χ1v) is 12.0. The maximum atomic E-state index is 13.2. The molecule has 2 aromatic rings. The van der Waals surface area contributed by atoms with Crippen LogP contribution in [0.15, 0.2) is 30.3 Å². The molecule has 0 aliphatic carbocycles. The lowest BCUT2D eigenvalue weighted by molar-refractivity contribution is 0.176. The predicted molar refractivity (Wildman–Crippen MR) is 131 cm³/mol. The summed E-state index contributed by atoms with van der Waals surface area (Å²) in [5.41, 5.74) is 4.73. The Labute approximate surface area is 201 Å². The molecule has 8 nitrogen and oxygen atoms in total. The Morgan fingerprint density at radius 3 is 2.50 bits per heavy atom. The summed E-state index contributed by atoms with van der Waals surface area (Å²) in [6.07, 6.45) is 1.57. The summed E-state index contributed by atoms with van der Waals surface area (Å²) in [5, 5.41) is 3.23. The van der Waals surface area contributed by atoms with Gasteiger partial charge in [-0.3, -0.25) is 0 Å². The van der Waals surface area contributed by atoms with E-state index in [2.05, 4.69) is 34.3 Å². The summed E-state index contributed by atoms with van der Waals surface area (Å²) in [7, 11) is 5.44. The van der Waals surface area contributed by atoms with Crippen LogP contribution >= 0.6 is 0 Å². The number of carbonyl (C=O) groups is 1. The van der Waals surface area contributed by atoms with E-state index in [0.29, 0.717) is 25.4 Å². The zero-order valence-corrected chi connectivity index (χ0v) is 20.3. The lowest BCUT2D eigenvalue weighted by Gasteiger charge is -2.37. The van der Waals surface area contributed by atoms with Gasteiger partial charge in [0.1, 0.15) is 12.4 Å². The standard InChI is InChI=1S/C26H34N4O4/c1-28-9-11-29(12-10-28)22-5-4-6-23-21(22)15-20(17-34-23)27-26(31)30-8-7-18-13-24(32-2)25(33-3)14-19(18)16-30/h4-6,13-14,20H,7-12,15-17H2,1-3H3,(H,27,31)/t20-/m0/s1.